The third-order valence-corrected chi connectivity index (χ3v) is 21.0. The van der Waals surface area contributed by atoms with E-state index in [4.69, 9.17) is 0 Å². The second kappa shape index (κ2) is 17.6. The van der Waals surface area contributed by atoms with Crippen molar-refractivity contribution < 1.29 is 26.2 Å². The summed E-state index contributed by atoms with van der Waals surface area (Å²) in [7, 11) is 4.07. The molecule has 31 heavy (non-hydrogen) atoms. The summed E-state index contributed by atoms with van der Waals surface area (Å²) < 4.78 is 0. The van der Waals surface area contributed by atoms with E-state index in [0.29, 0.717) is 10.1 Å². The summed E-state index contributed by atoms with van der Waals surface area (Å²) in [5, 5.41) is 1.08. The Hall–Kier alpha value is 2.18. The van der Waals surface area contributed by atoms with E-state index in [1.807, 2.05) is 0 Å². The Morgan fingerprint density at radius 3 is 0.645 bits per heavy atom. The van der Waals surface area contributed by atoms with Crippen LogP contribution in [0.5, 0.6) is 0 Å². The molecule has 0 spiro atoms. The van der Waals surface area contributed by atoms with Gasteiger partial charge >= 0.3 is 26.2 Å². The molecule has 0 bridgehead atoms. The van der Waals surface area contributed by atoms with Gasteiger partial charge in [0.25, 0.3) is 0 Å². The third kappa shape index (κ3) is 16.5. The van der Waals surface area contributed by atoms with Crippen LogP contribution in [-0.4, -0.2) is 15.5 Å². The smallest absolute Gasteiger partial charge is 0.148 e. The van der Waals surface area contributed by atoms with Gasteiger partial charge in [-0.05, 0) is 21.9 Å². The van der Waals surface area contributed by atoms with E-state index in [2.05, 4.69) is 99.2 Å². The molecule has 0 nitrogen and oxygen atoms in total. The van der Waals surface area contributed by atoms with Gasteiger partial charge in [-0.25, -0.2) is 0 Å². The first-order valence-corrected chi connectivity index (χ1v) is 22.6. The van der Waals surface area contributed by atoms with E-state index >= 15 is 0 Å². The van der Waals surface area contributed by atoms with E-state index in [-0.39, 0.29) is 26.2 Å². The molecule has 2 saturated carbocycles. The zero-order chi connectivity index (χ0) is 24.2. The Balaban J connectivity index is -0.000000348. The Bertz CT molecular complexity index is 359. The second-order valence-electron chi connectivity index (χ2n) is 12.7. The Labute approximate surface area is 225 Å². The first-order chi connectivity index (χ1) is 13.4. The summed E-state index contributed by atoms with van der Waals surface area (Å²) in [4.78, 5) is 0. The molecule has 0 aliphatic heterocycles. The van der Waals surface area contributed by atoms with Gasteiger partial charge in [0.1, 0.15) is 0 Å². The van der Waals surface area contributed by atoms with E-state index in [1.165, 1.54) is 64.2 Å². The van der Waals surface area contributed by atoms with Crippen molar-refractivity contribution in [1.82, 2.24) is 0 Å². The molecule has 0 amide bonds. The summed E-state index contributed by atoms with van der Waals surface area (Å²) in [6.45, 7) is 28.5. The van der Waals surface area contributed by atoms with Crippen molar-refractivity contribution in [3.8, 4) is 0 Å². The Morgan fingerprint density at radius 2 is 0.613 bits per heavy atom. The van der Waals surface area contributed by atoms with Crippen molar-refractivity contribution in [3.63, 3.8) is 0 Å². The molecule has 0 N–H and O–H groups in total. The molecule has 2 fully saturated rings. The molecule has 2 aliphatic carbocycles. The molecule has 2 aliphatic rings. The molecule has 5 heteroatoms. The minimum absolute atomic E-state index is 0. The van der Waals surface area contributed by atoms with Crippen molar-refractivity contribution in [2.45, 2.75) is 156 Å². The van der Waals surface area contributed by atoms with Gasteiger partial charge in [-0.1, -0.05) is 146 Å². The summed E-state index contributed by atoms with van der Waals surface area (Å²) in [6.07, 6.45) is 15.0. The molecule has 186 valence electrons. The predicted molar refractivity (Wildman–Crippen MR) is 158 cm³/mol. The van der Waals surface area contributed by atoms with E-state index < -0.39 is 15.5 Å². The largest absolute Gasteiger partial charge is 2.00 e. The van der Waals surface area contributed by atoms with Crippen LogP contribution >= 0.6 is 17.6 Å². The fraction of sp³-hybridized carbons (Fsp3) is 1.00. The molecular formula is C26H62P2Si2Zr+2. The average molecular weight is 584 g/mol. The predicted octanol–water partition coefficient (Wildman–Crippen LogP) is 10.9. The van der Waals surface area contributed by atoms with Gasteiger partial charge in [-0.3, -0.25) is 0 Å². The molecule has 2 unspecified atom stereocenters. The summed E-state index contributed by atoms with van der Waals surface area (Å²) >= 11 is 0. The maximum atomic E-state index is 3.07. The van der Waals surface area contributed by atoms with Crippen LogP contribution in [0.4, 0.5) is 0 Å². The van der Waals surface area contributed by atoms with Gasteiger partial charge < -0.3 is 0 Å². The van der Waals surface area contributed by atoms with Crippen LogP contribution in [-0.2, 0) is 26.2 Å². The minimum atomic E-state index is -1.03. The van der Waals surface area contributed by atoms with Crippen molar-refractivity contribution in [2.75, 3.05) is 0 Å². The molecule has 0 aromatic carbocycles. The van der Waals surface area contributed by atoms with E-state index in [1.54, 1.807) is 0 Å². The minimum Gasteiger partial charge on any atom is -0.148 e. The molecule has 0 saturated heterocycles. The zero-order valence-corrected chi connectivity index (χ0v) is 30.6. The first-order valence-electron chi connectivity index (χ1n) is 13.0. The van der Waals surface area contributed by atoms with E-state index in [0.717, 1.165) is 11.8 Å². The van der Waals surface area contributed by atoms with Gasteiger partial charge in [-0.15, -0.1) is 17.6 Å². The van der Waals surface area contributed by atoms with Crippen LogP contribution < -0.4 is 0 Å². The molecular weight excluding hydrogens is 522 g/mol. The van der Waals surface area contributed by atoms with Gasteiger partial charge in [0.2, 0.25) is 0 Å². The summed E-state index contributed by atoms with van der Waals surface area (Å²) in [6, 6.07) is 0. The topological polar surface area (TPSA) is 0 Å². The summed E-state index contributed by atoms with van der Waals surface area (Å²) in [5.74, 6) is 1.60. The molecule has 2 rings (SSSR count). The van der Waals surface area contributed by atoms with Crippen LogP contribution in [0.3, 0.4) is 0 Å². The molecule has 0 aromatic heterocycles. The standard InChI is InChI=1S/2C8H21PSi.2C5H10.Zr/c2*1-7(2)8(3,4)10(5,6)9;2*1-2-4-5-3-1;/h2*7H,9H2,1-6H3;2*1-5H2;/q;;;;+2. The van der Waals surface area contributed by atoms with Crippen molar-refractivity contribution in [2.24, 2.45) is 11.8 Å². The Kier molecular flexibility index (Phi) is 21.4. The molecule has 2 atom stereocenters. The second-order valence-corrected chi connectivity index (χ2v) is 30.9. The maximum absolute atomic E-state index is 3.07. The number of hydrogen-bond acceptors (Lipinski definition) is 0. The number of rotatable bonds is 4. The van der Waals surface area contributed by atoms with Crippen molar-refractivity contribution in [1.29, 1.82) is 0 Å². The monoisotopic (exact) mass is 582 g/mol. The van der Waals surface area contributed by atoms with Crippen molar-refractivity contribution in [3.05, 3.63) is 0 Å². The van der Waals surface area contributed by atoms with Gasteiger partial charge in [-0.2, -0.15) is 0 Å². The molecule has 0 aromatic rings. The van der Waals surface area contributed by atoms with Crippen LogP contribution in [0.2, 0.25) is 36.3 Å². The van der Waals surface area contributed by atoms with Gasteiger partial charge in [0, 0.05) is 0 Å². The third-order valence-electron chi connectivity index (χ3n) is 8.71. The van der Waals surface area contributed by atoms with Gasteiger partial charge in [0.15, 0.2) is 0 Å². The first kappa shape index (κ1) is 37.7. The van der Waals surface area contributed by atoms with Crippen molar-refractivity contribution >= 4 is 33.1 Å². The van der Waals surface area contributed by atoms with Crippen LogP contribution in [0.1, 0.15) is 120 Å². The Morgan fingerprint density at radius 1 is 0.484 bits per heavy atom. The summed E-state index contributed by atoms with van der Waals surface area (Å²) in [5.41, 5.74) is 0. The quantitative estimate of drug-likeness (QED) is 0.228. The molecule has 0 radical (unpaired) electrons. The fourth-order valence-electron chi connectivity index (χ4n) is 3.26. The normalized spacial score (nSPS) is 17.0. The van der Waals surface area contributed by atoms with Crippen LogP contribution in [0, 0.1) is 11.8 Å². The van der Waals surface area contributed by atoms with E-state index in [9.17, 15) is 0 Å². The van der Waals surface area contributed by atoms with Gasteiger partial charge in [0.05, 0.1) is 15.5 Å². The van der Waals surface area contributed by atoms with Crippen LogP contribution in [0.15, 0.2) is 0 Å². The average Bonchev–Trinajstić information content (AvgIpc) is 3.31. The SMILES string of the molecule is C1CCCC1.C1CCCC1.CC(C)C(C)(C)[Si](C)(C)P.CC(C)C(C)(C)[Si](C)(C)P.[Zr+2]. The maximum Gasteiger partial charge on any atom is 2.00 e. The fourth-order valence-corrected chi connectivity index (χ4v) is 8.23. The number of hydrogen-bond donors (Lipinski definition) is 0. The zero-order valence-electron chi connectivity index (χ0n) is 23.9. The molecule has 0 heterocycles. The van der Waals surface area contributed by atoms with Crippen LogP contribution in [0.25, 0.3) is 0 Å².